The first-order chi connectivity index (χ1) is 13.3. The van der Waals surface area contributed by atoms with Gasteiger partial charge in [-0.15, -0.1) is 0 Å². The van der Waals surface area contributed by atoms with Crippen LogP contribution in [0.2, 0.25) is 0 Å². The van der Waals surface area contributed by atoms with E-state index in [1.807, 2.05) is 29.7 Å². The molecule has 8 heteroatoms. The Morgan fingerprint density at radius 2 is 1.93 bits per heavy atom. The zero-order valence-electron chi connectivity index (χ0n) is 14.6. The van der Waals surface area contributed by atoms with Crippen LogP contribution < -0.4 is 10.6 Å². The highest BCUT2D eigenvalue weighted by Gasteiger charge is 2.15. The summed E-state index contributed by atoms with van der Waals surface area (Å²) in [5.74, 6) is 0.497. The third-order valence-electron chi connectivity index (χ3n) is 3.99. The number of hydrogen-bond acceptors (Lipinski definition) is 5. The van der Waals surface area contributed by atoms with Gasteiger partial charge in [0.2, 0.25) is 5.95 Å². The minimum Gasteiger partial charge on any atom is -0.338 e. The Hall–Kier alpha value is -3.81. The predicted octanol–water partition coefficient (Wildman–Crippen LogP) is 3.02. The molecule has 0 aliphatic heterocycles. The zero-order chi connectivity index (χ0) is 18.6. The second-order valence-electron chi connectivity index (χ2n) is 5.78. The van der Waals surface area contributed by atoms with Gasteiger partial charge in [0.15, 0.2) is 0 Å². The van der Waals surface area contributed by atoms with Crippen LogP contribution in [0.3, 0.4) is 0 Å². The predicted molar refractivity (Wildman–Crippen MR) is 103 cm³/mol. The van der Waals surface area contributed by atoms with Gasteiger partial charge in [0.1, 0.15) is 5.52 Å². The van der Waals surface area contributed by atoms with E-state index in [1.165, 1.54) is 0 Å². The molecule has 0 fully saturated rings. The molecule has 4 aromatic rings. The molecule has 8 nitrogen and oxygen atoms in total. The summed E-state index contributed by atoms with van der Waals surface area (Å²) in [6, 6.07) is 7.29. The Balaban J connectivity index is 1.87. The Kier molecular flexibility index (Phi) is 4.44. The van der Waals surface area contributed by atoms with Crippen molar-refractivity contribution >= 4 is 22.8 Å². The lowest BCUT2D eigenvalue weighted by Gasteiger charge is -2.05. The topological polar surface area (TPSA) is 97.6 Å². The molecule has 4 aromatic heterocycles. The van der Waals surface area contributed by atoms with Crippen LogP contribution in [-0.2, 0) is 0 Å². The van der Waals surface area contributed by atoms with Crippen LogP contribution in [0.25, 0.3) is 28.1 Å². The smallest absolute Gasteiger partial charge is 0.319 e. The molecule has 0 atom stereocenters. The highest BCUT2D eigenvalue weighted by atomic mass is 16.2. The van der Waals surface area contributed by atoms with Gasteiger partial charge in [0, 0.05) is 54.9 Å². The molecule has 27 heavy (non-hydrogen) atoms. The molecule has 0 saturated heterocycles. The number of rotatable bonds is 4. The lowest BCUT2D eigenvalue weighted by Crippen LogP contribution is -2.28. The fourth-order valence-electron chi connectivity index (χ4n) is 2.80. The van der Waals surface area contributed by atoms with Gasteiger partial charge in [-0.25, -0.2) is 14.8 Å². The van der Waals surface area contributed by atoms with E-state index in [0.29, 0.717) is 23.7 Å². The SMILES string of the molecule is CCNC(=O)Nc1cn(-c2ncccn2)c2cc(-c3cccnc3)cnc12. The van der Waals surface area contributed by atoms with E-state index in [9.17, 15) is 4.79 Å². The summed E-state index contributed by atoms with van der Waals surface area (Å²) in [6.45, 7) is 2.39. The van der Waals surface area contributed by atoms with Crippen molar-refractivity contribution in [2.45, 2.75) is 6.92 Å². The quantitative estimate of drug-likeness (QED) is 0.584. The third kappa shape index (κ3) is 3.32. The molecule has 0 aliphatic carbocycles. The number of hydrogen-bond donors (Lipinski definition) is 2. The maximum atomic E-state index is 12.0. The van der Waals surface area contributed by atoms with Crippen LogP contribution in [0.15, 0.2) is 61.4 Å². The van der Waals surface area contributed by atoms with Crippen LogP contribution in [0.5, 0.6) is 0 Å². The Labute approximate surface area is 155 Å². The number of amides is 2. The normalized spacial score (nSPS) is 10.7. The monoisotopic (exact) mass is 359 g/mol. The first-order valence-electron chi connectivity index (χ1n) is 8.50. The second-order valence-corrected chi connectivity index (χ2v) is 5.78. The maximum Gasteiger partial charge on any atom is 0.319 e. The van der Waals surface area contributed by atoms with E-state index < -0.39 is 0 Å². The van der Waals surface area contributed by atoms with E-state index in [-0.39, 0.29) is 6.03 Å². The second kappa shape index (κ2) is 7.20. The summed E-state index contributed by atoms with van der Waals surface area (Å²) in [5, 5.41) is 5.55. The van der Waals surface area contributed by atoms with Gasteiger partial charge in [-0.1, -0.05) is 6.07 Å². The summed E-state index contributed by atoms with van der Waals surface area (Å²) in [5.41, 5.74) is 3.89. The lowest BCUT2D eigenvalue weighted by molar-refractivity contribution is 0.252. The van der Waals surface area contributed by atoms with Crippen molar-refractivity contribution in [3.63, 3.8) is 0 Å². The number of carbonyl (C=O) groups is 1. The van der Waals surface area contributed by atoms with E-state index in [1.54, 1.807) is 43.2 Å². The number of nitrogens with zero attached hydrogens (tertiary/aromatic N) is 5. The van der Waals surface area contributed by atoms with E-state index in [2.05, 4.69) is 30.6 Å². The minimum absolute atomic E-state index is 0.288. The first kappa shape index (κ1) is 16.6. The van der Waals surface area contributed by atoms with E-state index >= 15 is 0 Å². The number of aromatic nitrogens is 5. The van der Waals surface area contributed by atoms with Crippen LogP contribution in [-0.4, -0.2) is 37.1 Å². The molecular formula is C19H17N7O. The van der Waals surface area contributed by atoms with Crippen LogP contribution in [0.1, 0.15) is 6.92 Å². The molecule has 0 saturated carbocycles. The van der Waals surface area contributed by atoms with Crippen molar-refractivity contribution in [3.8, 4) is 17.1 Å². The number of fused-ring (bicyclic) bond motifs is 1. The molecule has 4 rings (SSSR count). The number of urea groups is 1. The van der Waals surface area contributed by atoms with Crippen molar-refractivity contribution in [1.29, 1.82) is 0 Å². The van der Waals surface area contributed by atoms with Crippen molar-refractivity contribution in [1.82, 2.24) is 29.8 Å². The van der Waals surface area contributed by atoms with Crippen molar-refractivity contribution in [2.24, 2.45) is 0 Å². The summed E-state index contributed by atoms with van der Waals surface area (Å²) in [7, 11) is 0. The molecule has 0 bridgehead atoms. The van der Waals surface area contributed by atoms with Gasteiger partial charge in [0.05, 0.1) is 11.2 Å². The van der Waals surface area contributed by atoms with Gasteiger partial charge < -0.3 is 10.6 Å². The fraction of sp³-hybridized carbons (Fsp3) is 0.105. The van der Waals surface area contributed by atoms with Crippen LogP contribution in [0, 0.1) is 0 Å². The highest BCUT2D eigenvalue weighted by molar-refractivity contribution is 6.00. The van der Waals surface area contributed by atoms with Crippen LogP contribution >= 0.6 is 0 Å². The molecule has 4 heterocycles. The Bertz CT molecular complexity index is 1080. The molecule has 0 spiro atoms. The van der Waals surface area contributed by atoms with Crippen molar-refractivity contribution < 1.29 is 4.79 Å². The molecular weight excluding hydrogens is 342 g/mol. The first-order valence-corrected chi connectivity index (χ1v) is 8.50. The van der Waals surface area contributed by atoms with Crippen molar-refractivity contribution in [3.05, 3.63) is 61.4 Å². The van der Waals surface area contributed by atoms with Gasteiger partial charge in [0.25, 0.3) is 0 Å². The van der Waals surface area contributed by atoms with Gasteiger partial charge >= 0.3 is 6.03 Å². The Morgan fingerprint density at radius 3 is 2.67 bits per heavy atom. The standard InChI is InChI=1S/C19H17N7O/c1-2-21-19(27)25-15-12-26(18-22-7-4-8-23-18)16-9-14(11-24-17(15)16)13-5-3-6-20-10-13/h3-12H,2H2,1H3,(H2,21,25,27). The average Bonchev–Trinajstić information content (AvgIpc) is 3.07. The van der Waals surface area contributed by atoms with E-state index in [4.69, 9.17) is 0 Å². The summed E-state index contributed by atoms with van der Waals surface area (Å²) < 4.78 is 1.81. The molecule has 0 aliphatic rings. The number of nitrogens with one attached hydrogen (secondary N) is 2. The van der Waals surface area contributed by atoms with Gasteiger partial charge in [-0.05, 0) is 25.1 Å². The fourth-order valence-corrected chi connectivity index (χ4v) is 2.80. The summed E-state index contributed by atoms with van der Waals surface area (Å²) in [6.07, 6.45) is 10.4. The van der Waals surface area contributed by atoms with Gasteiger partial charge in [-0.2, -0.15) is 0 Å². The van der Waals surface area contributed by atoms with Gasteiger partial charge in [-0.3, -0.25) is 14.5 Å². The van der Waals surface area contributed by atoms with Crippen molar-refractivity contribution in [2.75, 3.05) is 11.9 Å². The molecule has 134 valence electrons. The highest BCUT2D eigenvalue weighted by Crippen LogP contribution is 2.29. The Morgan fingerprint density at radius 1 is 1.07 bits per heavy atom. The molecule has 0 unspecified atom stereocenters. The zero-order valence-corrected chi connectivity index (χ0v) is 14.6. The lowest BCUT2D eigenvalue weighted by atomic mass is 10.1. The largest absolute Gasteiger partial charge is 0.338 e. The molecule has 2 N–H and O–H groups in total. The molecule has 2 amide bonds. The average molecular weight is 359 g/mol. The minimum atomic E-state index is -0.288. The third-order valence-corrected chi connectivity index (χ3v) is 3.99. The van der Waals surface area contributed by atoms with E-state index in [0.717, 1.165) is 16.6 Å². The molecule has 0 radical (unpaired) electrons. The molecule has 0 aromatic carbocycles. The number of carbonyl (C=O) groups excluding carboxylic acids is 1. The number of pyridine rings is 2. The van der Waals surface area contributed by atoms with Crippen LogP contribution in [0.4, 0.5) is 10.5 Å². The summed E-state index contributed by atoms with van der Waals surface area (Å²) >= 11 is 0. The summed E-state index contributed by atoms with van der Waals surface area (Å²) in [4.78, 5) is 29.4. The number of anilines is 1. The maximum absolute atomic E-state index is 12.0.